The Morgan fingerprint density at radius 1 is 0.508 bits per heavy atom. The Morgan fingerprint density at radius 2 is 0.949 bits per heavy atom. The molecular formula is C43H84N10O6. The lowest BCUT2D eigenvalue weighted by Crippen LogP contribution is -2.58. The number of rotatable bonds is 37. The SMILES string of the molecule is CCCCCCCCCCCCCCCCC(=O)NCC(=O)N[C@@H](CC(C)C)C(=O)N[C@@H](CC(C)C)C(=O)N[C@@H](CCCCN)C(=O)N[C@@H](CCCN=C(N)N)C(N)=O. The van der Waals surface area contributed by atoms with E-state index in [0.29, 0.717) is 38.6 Å². The first kappa shape index (κ1) is 55.0. The second kappa shape index (κ2) is 34.9. The van der Waals surface area contributed by atoms with E-state index >= 15 is 0 Å². The minimum atomic E-state index is -1.04. The van der Waals surface area contributed by atoms with Crippen molar-refractivity contribution in [2.45, 2.75) is 200 Å². The summed E-state index contributed by atoms with van der Waals surface area (Å²) in [6.07, 6.45) is 19.9. The molecule has 0 heterocycles. The van der Waals surface area contributed by atoms with E-state index < -0.39 is 53.7 Å². The number of nitrogens with two attached hydrogens (primary N) is 4. The van der Waals surface area contributed by atoms with Crippen molar-refractivity contribution >= 4 is 41.4 Å². The van der Waals surface area contributed by atoms with Crippen molar-refractivity contribution in [3.8, 4) is 0 Å². The van der Waals surface area contributed by atoms with Crippen LogP contribution in [0.4, 0.5) is 0 Å². The van der Waals surface area contributed by atoms with E-state index in [0.717, 1.165) is 19.3 Å². The largest absolute Gasteiger partial charge is 0.370 e. The van der Waals surface area contributed by atoms with E-state index in [1.165, 1.54) is 70.6 Å². The number of amides is 6. The van der Waals surface area contributed by atoms with E-state index in [1.54, 1.807) is 0 Å². The maximum absolute atomic E-state index is 13.7. The van der Waals surface area contributed by atoms with Gasteiger partial charge in [0.15, 0.2) is 5.96 Å². The fourth-order valence-electron chi connectivity index (χ4n) is 6.77. The Morgan fingerprint density at radius 3 is 1.42 bits per heavy atom. The van der Waals surface area contributed by atoms with Crippen molar-refractivity contribution in [2.75, 3.05) is 19.6 Å². The molecule has 16 nitrogen and oxygen atoms in total. The van der Waals surface area contributed by atoms with Crippen molar-refractivity contribution in [1.82, 2.24) is 26.6 Å². The van der Waals surface area contributed by atoms with Gasteiger partial charge in [-0.1, -0.05) is 118 Å². The summed E-state index contributed by atoms with van der Waals surface area (Å²) >= 11 is 0. The molecule has 13 N–H and O–H groups in total. The van der Waals surface area contributed by atoms with Gasteiger partial charge in [-0.25, -0.2) is 0 Å². The van der Waals surface area contributed by atoms with Crippen LogP contribution in [0.25, 0.3) is 0 Å². The molecule has 0 aromatic rings. The molecule has 4 atom stereocenters. The van der Waals surface area contributed by atoms with Gasteiger partial charge in [0.05, 0.1) is 6.54 Å². The Kier molecular flexibility index (Phi) is 32.5. The molecule has 59 heavy (non-hydrogen) atoms. The zero-order valence-corrected chi connectivity index (χ0v) is 37.3. The third-order valence-electron chi connectivity index (χ3n) is 10.1. The van der Waals surface area contributed by atoms with Gasteiger partial charge in [0.1, 0.15) is 24.2 Å². The highest BCUT2D eigenvalue weighted by molar-refractivity contribution is 5.95. The number of hydrogen-bond donors (Lipinski definition) is 9. The third-order valence-corrected chi connectivity index (χ3v) is 10.1. The van der Waals surface area contributed by atoms with Crippen molar-refractivity contribution in [3.05, 3.63) is 0 Å². The minimum absolute atomic E-state index is 0.0200. The molecule has 0 fully saturated rings. The van der Waals surface area contributed by atoms with Crippen LogP contribution >= 0.6 is 0 Å². The van der Waals surface area contributed by atoms with E-state index in [-0.39, 0.29) is 56.1 Å². The lowest BCUT2D eigenvalue weighted by molar-refractivity contribution is -0.135. The summed E-state index contributed by atoms with van der Waals surface area (Å²) in [6, 6.07) is -4.06. The highest BCUT2D eigenvalue weighted by Gasteiger charge is 2.31. The van der Waals surface area contributed by atoms with Gasteiger partial charge in [0.25, 0.3) is 0 Å². The molecule has 0 radical (unpaired) electrons. The second-order valence-electron chi connectivity index (χ2n) is 16.8. The molecule has 0 aliphatic heterocycles. The van der Waals surface area contributed by atoms with Crippen LogP contribution in [-0.4, -0.2) is 85.2 Å². The van der Waals surface area contributed by atoms with Crippen LogP contribution in [0.2, 0.25) is 0 Å². The van der Waals surface area contributed by atoms with E-state index in [4.69, 9.17) is 22.9 Å². The van der Waals surface area contributed by atoms with Gasteiger partial charge in [-0.2, -0.15) is 0 Å². The fourth-order valence-corrected chi connectivity index (χ4v) is 6.77. The molecule has 0 saturated heterocycles. The molecule has 0 aliphatic rings. The number of hydrogen-bond acceptors (Lipinski definition) is 8. The topological polar surface area (TPSA) is 279 Å². The maximum atomic E-state index is 13.7. The Balaban J connectivity index is 5.17. The van der Waals surface area contributed by atoms with Crippen molar-refractivity contribution in [2.24, 2.45) is 39.8 Å². The Hall–Kier alpha value is -3.95. The first-order chi connectivity index (χ1) is 28.1. The molecule has 6 amide bonds. The van der Waals surface area contributed by atoms with Gasteiger partial charge >= 0.3 is 0 Å². The number of unbranched alkanes of at least 4 members (excludes halogenated alkanes) is 14. The number of primary amides is 1. The highest BCUT2D eigenvalue weighted by atomic mass is 16.2. The number of nitrogens with one attached hydrogen (secondary N) is 5. The molecule has 342 valence electrons. The first-order valence-corrected chi connectivity index (χ1v) is 22.6. The summed E-state index contributed by atoms with van der Waals surface area (Å²) in [7, 11) is 0. The highest BCUT2D eigenvalue weighted by Crippen LogP contribution is 2.14. The first-order valence-electron chi connectivity index (χ1n) is 22.6. The average Bonchev–Trinajstić information content (AvgIpc) is 3.16. The monoisotopic (exact) mass is 837 g/mol. The standard InChI is InChI=1S/C43H84N10O6/c1-6-7-8-9-10-11-12-13-14-15-16-17-18-19-25-37(54)49-30-38(55)50-35(28-31(2)3)41(58)53-36(29-32(4)5)42(59)52-34(23-20-21-26-44)40(57)51-33(39(45)56)24-22-27-48-43(46)47/h31-36H,6-30,44H2,1-5H3,(H2,45,56)(H,49,54)(H,50,55)(H,51,57)(H,52,59)(H,53,58)(H4,46,47,48)/t33-,34-,35-,36-/m0/s1. The number of aliphatic imine (C=N–C) groups is 1. The molecule has 0 bridgehead atoms. The summed E-state index contributed by atoms with van der Waals surface area (Å²) in [4.78, 5) is 82.3. The predicted octanol–water partition coefficient (Wildman–Crippen LogP) is 3.67. The molecule has 16 heteroatoms. The Labute approximate surface area is 355 Å². The van der Waals surface area contributed by atoms with Gasteiger partial charge in [0, 0.05) is 13.0 Å². The summed E-state index contributed by atoms with van der Waals surface area (Å²) in [5, 5.41) is 13.6. The van der Waals surface area contributed by atoms with E-state index in [1.807, 2.05) is 27.7 Å². The van der Waals surface area contributed by atoms with Crippen molar-refractivity contribution < 1.29 is 28.8 Å². The molecule has 0 spiro atoms. The average molecular weight is 837 g/mol. The van der Waals surface area contributed by atoms with Crippen molar-refractivity contribution in [3.63, 3.8) is 0 Å². The maximum Gasteiger partial charge on any atom is 0.243 e. The molecule has 0 saturated carbocycles. The molecule has 0 aromatic carbocycles. The lowest BCUT2D eigenvalue weighted by Gasteiger charge is -2.27. The molecular weight excluding hydrogens is 753 g/mol. The van der Waals surface area contributed by atoms with E-state index in [2.05, 4.69) is 38.5 Å². The summed E-state index contributed by atoms with van der Waals surface area (Å²) in [5.41, 5.74) is 22.0. The van der Waals surface area contributed by atoms with Crippen LogP contribution in [0.5, 0.6) is 0 Å². The van der Waals surface area contributed by atoms with Gasteiger partial charge in [-0.15, -0.1) is 0 Å². The van der Waals surface area contributed by atoms with Gasteiger partial charge in [-0.3, -0.25) is 33.8 Å². The minimum Gasteiger partial charge on any atom is -0.370 e. The number of carbonyl (C=O) groups is 6. The summed E-state index contributed by atoms with van der Waals surface area (Å²) < 4.78 is 0. The fraction of sp³-hybridized carbons (Fsp3) is 0.837. The molecule has 0 aliphatic carbocycles. The Bertz CT molecular complexity index is 1230. The van der Waals surface area contributed by atoms with Gasteiger partial charge < -0.3 is 49.5 Å². The quantitative estimate of drug-likeness (QED) is 0.0250. The van der Waals surface area contributed by atoms with Crippen LogP contribution in [0.1, 0.15) is 176 Å². The summed E-state index contributed by atoms with van der Waals surface area (Å²) in [6.45, 7) is 10.2. The smallest absolute Gasteiger partial charge is 0.243 e. The van der Waals surface area contributed by atoms with Gasteiger partial charge in [0.2, 0.25) is 35.4 Å². The molecule has 0 aromatic heterocycles. The lowest BCUT2D eigenvalue weighted by atomic mass is 9.99. The van der Waals surface area contributed by atoms with Crippen LogP contribution in [0.3, 0.4) is 0 Å². The predicted molar refractivity (Wildman–Crippen MR) is 237 cm³/mol. The van der Waals surface area contributed by atoms with Crippen LogP contribution in [0, 0.1) is 11.8 Å². The normalized spacial score (nSPS) is 13.2. The summed E-state index contributed by atoms with van der Waals surface area (Å²) in [5.74, 6) is -3.31. The number of nitrogens with zero attached hydrogens (tertiary/aromatic N) is 1. The third kappa shape index (κ3) is 30.7. The van der Waals surface area contributed by atoms with Gasteiger partial charge in [-0.05, 0) is 69.7 Å². The van der Waals surface area contributed by atoms with Crippen LogP contribution in [0.15, 0.2) is 4.99 Å². The van der Waals surface area contributed by atoms with Crippen LogP contribution in [-0.2, 0) is 28.8 Å². The molecule has 0 rings (SSSR count). The van der Waals surface area contributed by atoms with E-state index in [9.17, 15) is 28.8 Å². The number of guanidine groups is 1. The zero-order chi connectivity index (χ0) is 44.4. The zero-order valence-electron chi connectivity index (χ0n) is 37.3. The van der Waals surface area contributed by atoms with Crippen LogP contribution < -0.4 is 49.5 Å². The molecule has 0 unspecified atom stereocenters. The van der Waals surface area contributed by atoms with Crippen molar-refractivity contribution in [1.29, 1.82) is 0 Å². The number of carbonyl (C=O) groups excluding carboxylic acids is 6. The second-order valence-corrected chi connectivity index (χ2v) is 16.8.